The third-order valence-corrected chi connectivity index (χ3v) is 11.3. The van der Waals surface area contributed by atoms with Crippen LogP contribution in [0, 0.1) is 6.92 Å². The third-order valence-electron chi connectivity index (χ3n) is 11.3. The number of aliphatic hydroxyl groups excluding tert-OH is 2. The van der Waals surface area contributed by atoms with Crippen molar-refractivity contribution in [3.63, 3.8) is 0 Å². The van der Waals surface area contributed by atoms with E-state index >= 15 is 0 Å². The number of likely N-dealkylation sites (tertiary alicyclic amines) is 1. The maximum atomic E-state index is 10.0. The smallest absolute Gasteiger partial charge is 0.508 e. The van der Waals surface area contributed by atoms with Crippen molar-refractivity contribution in [2.75, 3.05) is 145 Å². The largest absolute Gasteiger partial charge is 1.00 e. The van der Waals surface area contributed by atoms with Gasteiger partial charge in [-0.3, -0.25) is 4.79 Å². The van der Waals surface area contributed by atoms with Crippen molar-refractivity contribution in [3.8, 4) is 5.75 Å². The molecule has 81 heavy (non-hydrogen) atoms. The summed E-state index contributed by atoms with van der Waals surface area (Å²) in [6.07, 6.45) is 16.6. The van der Waals surface area contributed by atoms with Crippen LogP contribution in [-0.4, -0.2) is 194 Å². The number of quaternary nitrogens is 1. The van der Waals surface area contributed by atoms with Gasteiger partial charge in [-0.25, -0.2) is 4.79 Å². The Hall–Kier alpha value is -2.28. The van der Waals surface area contributed by atoms with Gasteiger partial charge in [-0.15, -0.1) is 0 Å². The van der Waals surface area contributed by atoms with Gasteiger partial charge in [0.1, 0.15) is 5.75 Å². The first-order chi connectivity index (χ1) is 38.7. The number of nitrogens with two attached hydrogens (primary N) is 8. The number of unbranched alkanes of at least 4 members (excludes halogenated alkanes) is 6. The number of ether oxygens (including phenoxy) is 6. The van der Waals surface area contributed by atoms with Crippen LogP contribution < -0.4 is 102 Å². The van der Waals surface area contributed by atoms with Crippen molar-refractivity contribution in [2.45, 2.75) is 129 Å². The monoisotopic (exact) mass is 1190 g/mol. The van der Waals surface area contributed by atoms with E-state index in [1.807, 2.05) is 12.1 Å². The number of aliphatic hydroxyl groups is 2. The normalized spacial score (nSPS) is 16.8. The van der Waals surface area contributed by atoms with E-state index in [-0.39, 0.29) is 64.1 Å². The summed E-state index contributed by atoms with van der Waals surface area (Å²) >= 11 is 0. The summed E-state index contributed by atoms with van der Waals surface area (Å²) < 4.78 is 32.5. The topological polar surface area (TPSA) is 403 Å². The fourth-order valence-electron chi connectivity index (χ4n) is 6.84. The predicted octanol–water partition coefficient (Wildman–Crippen LogP) is -1.04. The number of aromatic hydroxyl groups is 1. The van der Waals surface area contributed by atoms with Crippen LogP contribution in [0.3, 0.4) is 0 Å². The second-order valence-electron chi connectivity index (χ2n) is 18.7. The number of phenolic OH excluding ortho intramolecular Hbond substituents is 1. The van der Waals surface area contributed by atoms with Crippen molar-refractivity contribution in [1.29, 1.82) is 0 Å². The van der Waals surface area contributed by atoms with E-state index in [2.05, 4.69) is 38.1 Å². The number of hydrogen-bond acceptors (Lipinski definition) is 19. The second-order valence-corrected chi connectivity index (χ2v) is 18.7. The molecule has 0 aromatic heterocycles. The molecule has 0 bridgehead atoms. The molecular weight excluding hydrogens is 1070 g/mol. The molecule has 3 atom stereocenters. The van der Waals surface area contributed by atoms with Crippen LogP contribution in [0.2, 0.25) is 0 Å². The molecule has 0 saturated carbocycles. The third kappa shape index (κ3) is 73.8. The van der Waals surface area contributed by atoms with Gasteiger partial charge in [0.25, 0.3) is 0 Å². The van der Waals surface area contributed by atoms with Crippen LogP contribution in [0.4, 0.5) is 0 Å². The zero-order valence-corrected chi connectivity index (χ0v) is 53.8. The van der Waals surface area contributed by atoms with E-state index in [4.69, 9.17) is 99.8 Å². The van der Waals surface area contributed by atoms with Gasteiger partial charge in [-0.2, -0.15) is 0 Å². The van der Waals surface area contributed by atoms with Crippen LogP contribution in [-0.2, 0) is 50.9 Å². The second kappa shape index (κ2) is 72.0. The van der Waals surface area contributed by atoms with Gasteiger partial charge in [0.2, 0.25) is 0 Å². The molecule has 22 N–H and O–H groups in total. The minimum atomic E-state index is -1.000. The zero-order chi connectivity index (χ0) is 60.5. The number of aliphatic carboxylic acids is 2. The minimum absolute atomic E-state index is 0. The number of nitrogens with one attached hydrogen (secondary N) is 1. The van der Waals surface area contributed by atoms with Gasteiger partial charge in [0, 0.05) is 44.3 Å². The molecule has 0 aliphatic carbocycles. The average molecular weight is 1190 g/mol. The molecule has 2 fully saturated rings. The number of hydrogen-bond donors (Lipinski definition) is 14. The standard InChI is InChI=1S/C13H27NO6.C9H20N2.C9H13N.C8H11NO.C7H15NO2.C6H15NO.C4H7NO2.C2H7NO.K/c14-11-13-12-19-8-7-17-4-3-15-1-2-16-5-6-18-9-10-20-13;1-9-5-2-3-7-11(9)8-4-6-10;1-8-2-4-9(5-3-8)6-7-10;9-6-5-7-1-3-8(10)4-2-7;8-6-4-2-1-3-5-7(9)10;7-5-3-1-2-4-6-8;1-3(5)2-4(6)7;3-1-2-4;/h13H,1-12,14H2;9H,2-8,10H2,1H3;2-5H,6-7,10H2,1H3;1-4,10H,5-6,9H2;1-6,8H2,(H,9,10);8H,1-7H2;2H,5H2,1H3,(H,6,7);4H,1-3H2;/q;;;;;;;;+1/p+1/b;;;;;;3-2+;;. The number of aryl methyl sites for hydroxylation is 1. The maximum Gasteiger partial charge on any atom is 1.00 e. The molecule has 2 aliphatic heterocycles. The van der Waals surface area contributed by atoms with Crippen molar-refractivity contribution in [1.82, 2.24) is 0 Å². The number of allylic oxidation sites excluding steroid dienone is 1. The number of carboxylic acid groups (broad SMARTS) is 2. The number of piperidine rings is 1. The number of carbonyl (C=O) groups is 2. The summed E-state index contributed by atoms with van der Waals surface area (Å²) in [5.41, 5.74) is 46.2. The SMILES string of the molecule is C/C(N)=C\C(=O)O.CC1CCCC[NH+]1CCCN.Cc1ccc(CCN)cc1.NCC1COCCOCCOCCOCCOCCO1.NCCCCCCC(=O)O.NCCCCCCO.NCCO.NCCc1ccc(O)cc1.[K+]. The van der Waals surface area contributed by atoms with Crippen molar-refractivity contribution in [3.05, 3.63) is 77.0 Å². The Bertz CT molecular complexity index is 1520. The van der Waals surface area contributed by atoms with Crippen molar-refractivity contribution in [2.24, 2.45) is 45.9 Å². The van der Waals surface area contributed by atoms with Crippen LogP contribution in [0.1, 0.15) is 114 Å². The minimum Gasteiger partial charge on any atom is -0.508 e. The predicted molar refractivity (Wildman–Crippen MR) is 321 cm³/mol. The van der Waals surface area contributed by atoms with Crippen LogP contribution >= 0.6 is 0 Å². The van der Waals surface area contributed by atoms with Crippen LogP contribution in [0.5, 0.6) is 5.75 Å². The molecule has 470 valence electrons. The molecule has 0 amide bonds. The first-order valence-corrected chi connectivity index (χ1v) is 28.8. The molecule has 2 saturated heterocycles. The molecular formula is C58H116KN9O13+2. The summed E-state index contributed by atoms with van der Waals surface area (Å²) in [6.45, 7) is 19.6. The van der Waals surface area contributed by atoms with Gasteiger partial charge in [0.15, 0.2) is 0 Å². The van der Waals surface area contributed by atoms with Gasteiger partial charge in [-0.1, -0.05) is 67.6 Å². The number of benzene rings is 2. The number of phenols is 1. The molecule has 0 spiro atoms. The van der Waals surface area contributed by atoms with E-state index in [9.17, 15) is 9.59 Å². The molecule has 2 aliphatic rings. The van der Waals surface area contributed by atoms with Crippen molar-refractivity contribution >= 4 is 11.9 Å². The molecule has 0 radical (unpaired) electrons. The Morgan fingerprint density at radius 2 is 1.04 bits per heavy atom. The first kappa shape index (κ1) is 87.5. The van der Waals surface area contributed by atoms with Gasteiger partial charge < -0.3 is 105 Å². The summed E-state index contributed by atoms with van der Waals surface area (Å²) in [4.78, 5) is 21.4. The van der Waals surface area contributed by atoms with Gasteiger partial charge in [0.05, 0.1) is 105 Å². The molecule has 2 aromatic rings. The summed E-state index contributed by atoms with van der Waals surface area (Å²) in [5.74, 6) is -1.39. The quantitative estimate of drug-likeness (QED) is 0.0403. The molecule has 2 aromatic carbocycles. The average Bonchev–Trinajstić information content (AvgIpc) is 3.44. The molecule has 23 heteroatoms. The fraction of sp³-hybridized carbons (Fsp3) is 0.724. The van der Waals surface area contributed by atoms with Crippen LogP contribution in [0.15, 0.2) is 60.3 Å². The van der Waals surface area contributed by atoms with Crippen LogP contribution in [0.25, 0.3) is 0 Å². The molecule has 2 heterocycles. The molecule has 4 rings (SSSR count). The van der Waals surface area contributed by atoms with E-state index < -0.39 is 11.9 Å². The Balaban J connectivity index is -0.000000281. The number of carboxylic acids is 2. The molecule has 22 nitrogen and oxygen atoms in total. The van der Waals surface area contributed by atoms with Gasteiger partial charge in [-0.05, 0) is 135 Å². The summed E-state index contributed by atoms with van der Waals surface area (Å²) in [5, 5.41) is 41.2. The van der Waals surface area contributed by atoms with E-state index in [0.717, 1.165) is 96.0 Å². The summed E-state index contributed by atoms with van der Waals surface area (Å²) in [6, 6.07) is 16.5. The maximum absolute atomic E-state index is 10.0. The van der Waals surface area contributed by atoms with E-state index in [1.165, 1.54) is 62.4 Å². The Kier molecular flexibility index (Phi) is 77.7. The van der Waals surface area contributed by atoms with E-state index in [0.29, 0.717) is 123 Å². The number of rotatable bonds is 21. The Morgan fingerprint density at radius 1 is 0.593 bits per heavy atom. The van der Waals surface area contributed by atoms with Crippen molar-refractivity contribution < 1.29 is 120 Å². The Labute approximate surface area is 530 Å². The zero-order valence-electron chi connectivity index (χ0n) is 50.6. The fourth-order valence-corrected chi connectivity index (χ4v) is 6.84. The van der Waals surface area contributed by atoms with Gasteiger partial charge >= 0.3 is 63.3 Å². The first-order valence-electron chi connectivity index (χ1n) is 28.8. The molecule has 3 unspecified atom stereocenters. The Morgan fingerprint density at radius 3 is 1.42 bits per heavy atom. The van der Waals surface area contributed by atoms with E-state index in [1.54, 1.807) is 17.0 Å². The summed E-state index contributed by atoms with van der Waals surface area (Å²) in [7, 11) is 0.